The molecule has 2 heterocycles. The summed E-state index contributed by atoms with van der Waals surface area (Å²) in [5.41, 5.74) is 3.88. The SMILES string of the molecule is C[C@@H]1CCc2c(sc3nnn(CC(=O)N/N=C/c4ccc(O)cc4)c(=O)c23)C1. The second-order valence-electron chi connectivity index (χ2n) is 6.97. The van der Waals surface area contributed by atoms with Gasteiger partial charge in [-0.3, -0.25) is 9.59 Å². The number of hydrogen-bond donors (Lipinski definition) is 2. The molecule has 0 saturated heterocycles. The third-order valence-electron chi connectivity index (χ3n) is 4.77. The first-order valence-corrected chi connectivity index (χ1v) is 9.82. The van der Waals surface area contributed by atoms with Crippen molar-refractivity contribution < 1.29 is 9.90 Å². The van der Waals surface area contributed by atoms with Gasteiger partial charge in [0.15, 0.2) is 4.83 Å². The molecule has 0 spiro atoms. The van der Waals surface area contributed by atoms with E-state index in [9.17, 15) is 14.7 Å². The maximum absolute atomic E-state index is 12.8. The van der Waals surface area contributed by atoms with Crippen LogP contribution in [-0.2, 0) is 24.2 Å². The molecule has 144 valence electrons. The zero-order chi connectivity index (χ0) is 19.7. The topological polar surface area (TPSA) is 109 Å². The number of nitrogens with zero attached hydrogens (tertiary/aromatic N) is 4. The van der Waals surface area contributed by atoms with Gasteiger partial charge in [0, 0.05) is 4.88 Å². The van der Waals surface area contributed by atoms with Gasteiger partial charge in [0.1, 0.15) is 12.3 Å². The van der Waals surface area contributed by atoms with Crippen molar-refractivity contribution in [2.45, 2.75) is 32.7 Å². The normalized spacial score (nSPS) is 16.4. The maximum Gasteiger partial charge on any atom is 0.279 e. The van der Waals surface area contributed by atoms with Crippen LogP contribution in [0.1, 0.15) is 29.3 Å². The molecule has 28 heavy (non-hydrogen) atoms. The molecule has 0 fully saturated rings. The first-order chi connectivity index (χ1) is 13.5. The highest BCUT2D eigenvalue weighted by atomic mass is 32.1. The van der Waals surface area contributed by atoms with Gasteiger partial charge in [-0.1, -0.05) is 12.1 Å². The minimum Gasteiger partial charge on any atom is -0.508 e. The van der Waals surface area contributed by atoms with E-state index in [1.54, 1.807) is 12.1 Å². The number of aromatic hydroxyl groups is 1. The molecule has 9 heteroatoms. The number of amides is 1. The summed E-state index contributed by atoms with van der Waals surface area (Å²) in [7, 11) is 0. The van der Waals surface area contributed by atoms with Crippen LogP contribution < -0.4 is 11.0 Å². The van der Waals surface area contributed by atoms with Crippen LogP contribution in [0.15, 0.2) is 34.2 Å². The lowest BCUT2D eigenvalue weighted by Crippen LogP contribution is -2.32. The zero-order valence-electron chi connectivity index (χ0n) is 15.3. The van der Waals surface area contributed by atoms with E-state index in [1.165, 1.54) is 34.6 Å². The Morgan fingerprint density at radius 2 is 2.21 bits per heavy atom. The van der Waals surface area contributed by atoms with Crippen LogP contribution in [0.3, 0.4) is 0 Å². The molecular weight excluding hydrogens is 378 g/mol. The number of aryl methyl sites for hydroxylation is 1. The van der Waals surface area contributed by atoms with Crippen molar-refractivity contribution in [3.05, 3.63) is 50.6 Å². The van der Waals surface area contributed by atoms with Crippen LogP contribution in [0.5, 0.6) is 5.75 Å². The number of carbonyl (C=O) groups is 1. The van der Waals surface area contributed by atoms with Crippen molar-refractivity contribution >= 4 is 33.7 Å². The Kier molecular flexibility index (Phi) is 4.91. The first kappa shape index (κ1) is 18.3. The van der Waals surface area contributed by atoms with E-state index in [1.807, 2.05) is 0 Å². The van der Waals surface area contributed by atoms with Crippen molar-refractivity contribution in [3.8, 4) is 5.75 Å². The number of aromatic nitrogens is 3. The molecule has 1 aliphatic carbocycles. The Labute approximate surface area is 164 Å². The Balaban J connectivity index is 1.50. The molecule has 8 nitrogen and oxygen atoms in total. The summed E-state index contributed by atoms with van der Waals surface area (Å²) in [6, 6.07) is 6.37. The summed E-state index contributed by atoms with van der Waals surface area (Å²) >= 11 is 1.53. The van der Waals surface area contributed by atoms with E-state index in [0.717, 1.165) is 35.1 Å². The van der Waals surface area contributed by atoms with Crippen LogP contribution in [0, 0.1) is 5.92 Å². The molecule has 0 radical (unpaired) electrons. The van der Waals surface area contributed by atoms with E-state index in [4.69, 9.17) is 0 Å². The molecule has 0 unspecified atom stereocenters. The molecule has 2 aromatic heterocycles. The second-order valence-corrected chi connectivity index (χ2v) is 8.05. The van der Waals surface area contributed by atoms with Crippen molar-refractivity contribution in [3.63, 3.8) is 0 Å². The van der Waals surface area contributed by atoms with Gasteiger partial charge in [0.05, 0.1) is 11.6 Å². The van der Waals surface area contributed by atoms with E-state index < -0.39 is 5.91 Å². The van der Waals surface area contributed by atoms with E-state index in [2.05, 4.69) is 27.8 Å². The Morgan fingerprint density at radius 1 is 1.43 bits per heavy atom. The van der Waals surface area contributed by atoms with Crippen molar-refractivity contribution in [2.24, 2.45) is 11.0 Å². The number of thiophene rings is 1. The van der Waals surface area contributed by atoms with Gasteiger partial charge in [0.25, 0.3) is 11.5 Å². The molecule has 0 bridgehead atoms. The summed E-state index contributed by atoms with van der Waals surface area (Å²) in [4.78, 5) is 26.8. The number of nitrogens with one attached hydrogen (secondary N) is 1. The van der Waals surface area contributed by atoms with Crippen LogP contribution >= 0.6 is 11.3 Å². The summed E-state index contributed by atoms with van der Waals surface area (Å²) in [6.45, 7) is 1.95. The van der Waals surface area contributed by atoms with Gasteiger partial charge in [-0.05, 0) is 60.6 Å². The number of phenolic OH excluding ortho intramolecular Hbond substituents is 1. The summed E-state index contributed by atoms with van der Waals surface area (Å²) < 4.78 is 1.08. The molecule has 3 aromatic rings. The summed E-state index contributed by atoms with van der Waals surface area (Å²) in [6.07, 6.45) is 4.32. The lowest BCUT2D eigenvalue weighted by Gasteiger charge is -2.17. The quantitative estimate of drug-likeness (QED) is 0.516. The summed E-state index contributed by atoms with van der Waals surface area (Å²) in [5, 5.41) is 21.8. The van der Waals surface area contributed by atoms with Gasteiger partial charge >= 0.3 is 0 Å². The molecule has 0 saturated carbocycles. The Hall–Kier alpha value is -3.07. The maximum atomic E-state index is 12.8. The van der Waals surface area contributed by atoms with Gasteiger partial charge in [-0.15, -0.1) is 16.4 Å². The van der Waals surface area contributed by atoms with Crippen LogP contribution in [-0.4, -0.2) is 32.2 Å². The fourth-order valence-corrected chi connectivity index (χ4v) is 4.62. The first-order valence-electron chi connectivity index (χ1n) is 9.00. The largest absolute Gasteiger partial charge is 0.508 e. The third kappa shape index (κ3) is 3.65. The smallest absolute Gasteiger partial charge is 0.279 e. The fourth-order valence-electron chi connectivity index (χ4n) is 3.31. The number of hydrazone groups is 1. The van der Waals surface area contributed by atoms with Crippen molar-refractivity contribution in [1.29, 1.82) is 0 Å². The monoisotopic (exact) mass is 397 g/mol. The fraction of sp³-hybridized carbons (Fsp3) is 0.316. The highest BCUT2D eigenvalue weighted by Crippen LogP contribution is 2.35. The molecule has 4 rings (SSSR count). The number of benzene rings is 1. The predicted octanol–water partition coefficient (Wildman–Crippen LogP) is 1.83. The van der Waals surface area contributed by atoms with Crippen molar-refractivity contribution in [2.75, 3.05) is 0 Å². The minimum atomic E-state index is -0.469. The van der Waals surface area contributed by atoms with Gasteiger partial charge in [-0.2, -0.15) is 5.10 Å². The van der Waals surface area contributed by atoms with Gasteiger partial charge in [0.2, 0.25) is 0 Å². The van der Waals surface area contributed by atoms with E-state index in [0.29, 0.717) is 16.1 Å². The molecule has 1 amide bonds. The van der Waals surface area contributed by atoms with Crippen molar-refractivity contribution in [1.82, 2.24) is 20.4 Å². The lowest BCUT2D eigenvalue weighted by atomic mass is 9.89. The molecule has 1 atom stereocenters. The molecular formula is C19H19N5O3S. The number of fused-ring (bicyclic) bond motifs is 3. The zero-order valence-corrected chi connectivity index (χ0v) is 16.1. The Morgan fingerprint density at radius 3 is 3.00 bits per heavy atom. The third-order valence-corrected chi connectivity index (χ3v) is 5.91. The van der Waals surface area contributed by atoms with Gasteiger partial charge < -0.3 is 5.11 Å². The highest BCUT2D eigenvalue weighted by molar-refractivity contribution is 7.18. The number of carbonyl (C=O) groups excluding carboxylic acids is 1. The highest BCUT2D eigenvalue weighted by Gasteiger charge is 2.24. The van der Waals surface area contributed by atoms with Crippen LogP contribution in [0.25, 0.3) is 10.2 Å². The predicted molar refractivity (Wildman–Crippen MR) is 107 cm³/mol. The average molecular weight is 397 g/mol. The second kappa shape index (κ2) is 7.51. The lowest BCUT2D eigenvalue weighted by molar-refractivity contribution is -0.121. The molecule has 1 aliphatic rings. The number of phenols is 1. The number of hydrogen-bond acceptors (Lipinski definition) is 7. The Bertz CT molecular complexity index is 1120. The van der Waals surface area contributed by atoms with Crippen LogP contribution in [0.4, 0.5) is 0 Å². The van der Waals surface area contributed by atoms with Gasteiger partial charge in [-0.25, -0.2) is 10.1 Å². The minimum absolute atomic E-state index is 0.152. The molecule has 0 aliphatic heterocycles. The average Bonchev–Trinajstić information content (AvgIpc) is 3.04. The van der Waals surface area contributed by atoms with E-state index >= 15 is 0 Å². The molecule has 2 N–H and O–H groups in total. The van der Waals surface area contributed by atoms with E-state index in [-0.39, 0.29) is 17.9 Å². The molecule has 1 aromatic carbocycles. The number of rotatable bonds is 4. The standard InChI is InChI=1S/C19H19N5O3S/c1-11-2-7-14-15(8-11)28-18-17(14)19(27)24(23-22-18)10-16(26)21-20-9-12-3-5-13(25)6-4-12/h3-6,9,11,25H,2,7-8,10H2,1H3,(H,21,26)/b20-9+/t11-/m1/s1. The van der Waals surface area contributed by atoms with Crippen LogP contribution in [0.2, 0.25) is 0 Å². The summed E-state index contributed by atoms with van der Waals surface area (Å²) in [5.74, 6) is 0.288.